The number of nitrogens with one attached hydrogen (secondary N) is 2. The van der Waals surface area contributed by atoms with Gasteiger partial charge < -0.3 is 20.9 Å². The van der Waals surface area contributed by atoms with Gasteiger partial charge >= 0.3 is 0 Å². The third-order valence-electron chi connectivity index (χ3n) is 6.12. The smallest absolute Gasteiger partial charge is 0.246 e. The molecule has 2 aromatic rings. The van der Waals surface area contributed by atoms with Crippen LogP contribution in [0.2, 0.25) is 0 Å². The zero-order valence-corrected chi connectivity index (χ0v) is 19.1. The second-order valence-electron chi connectivity index (χ2n) is 9.48. The van der Waals surface area contributed by atoms with Gasteiger partial charge in [0.25, 0.3) is 0 Å². The Balaban J connectivity index is 2.06. The van der Waals surface area contributed by atoms with E-state index in [9.17, 15) is 14.4 Å². The molecule has 0 aliphatic heterocycles. The Kier molecular flexibility index (Phi) is 6.43. The predicted octanol–water partition coefficient (Wildman–Crippen LogP) is 2.29. The van der Waals surface area contributed by atoms with E-state index >= 15 is 0 Å². The normalized spacial score (nSPS) is 19.3. The fourth-order valence-corrected chi connectivity index (χ4v) is 4.75. The highest BCUT2D eigenvalue weighted by Crippen LogP contribution is 2.37. The summed E-state index contributed by atoms with van der Waals surface area (Å²) in [5.74, 6) is -0.877. The molecule has 3 amide bonds. The summed E-state index contributed by atoms with van der Waals surface area (Å²) in [6.07, 6.45) is 1.50. The van der Waals surface area contributed by atoms with E-state index < -0.39 is 17.5 Å². The monoisotopic (exact) mass is 426 g/mol. The van der Waals surface area contributed by atoms with Gasteiger partial charge in [-0.15, -0.1) is 0 Å². The van der Waals surface area contributed by atoms with Gasteiger partial charge in [0, 0.05) is 36.5 Å². The summed E-state index contributed by atoms with van der Waals surface area (Å²) in [6.45, 7) is 10.4. The van der Waals surface area contributed by atoms with Crippen LogP contribution >= 0.6 is 0 Å². The fourth-order valence-electron chi connectivity index (χ4n) is 4.75. The largest absolute Gasteiger partial charge is 0.368 e. The number of carbonyl (C=O) groups is 3. The Morgan fingerprint density at radius 2 is 1.84 bits per heavy atom. The standard InChI is InChI=1S/C24H34N4O3/c1-14(2)13-28-19-9-7-6-8-17(19)18-12-24(27-16(5)29,11-10-20(18)28)23(31)26-21(15(3)4)22(25)30/h6-9,14-15,21H,10-13H2,1-5H3,(H2,25,30)(H,26,31)(H,27,29)/t21-,24-/m0/s1. The summed E-state index contributed by atoms with van der Waals surface area (Å²) >= 11 is 0. The van der Waals surface area contributed by atoms with E-state index in [1.807, 2.05) is 26.0 Å². The first-order chi connectivity index (χ1) is 14.6. The number of hydrogen-bond donors (Lipinski definition) is 3. The Hall–Kier alpha value is -2.83. The van der Waals surface area contributed by atoms with E-state index in [2.05, 4.69) is 41.2 Å². The van der Waals surface area contributed by atoms with Crippen LogP contribution in [0.25, 0.3) is 10.9 Å². The molecule has 1 heterocycles. The molecule has 3 rings (SSSR count). The number of benzene rings is 1. The minimum Gasteiger partial charge on any atom is -0.368 e. The number of rotatable bonds is 7. The third-order valence-corrected chi connectivity index (χ3v) is 6.12. The van der Waals surface area contributed by atoms with Crippen LogP contribution in [0.5, 0.6) is 0 Å². The molecule has 2 atom stereocenters. The van der Waals surface area contributed by atoms with Gasteiger partial charge in [0.1, 0.15) is 11.6 Å². The van der Waals surface area contributed by atoms with Gasteiger partial charge in [-0.1, -0.05) is 45.9 Å². The number of fused-ring (bicyclic) bond motifs is 3. The summed E-state index contributed by atoms with van der Waals surface area (Å²) in [7, 11) is 0. The van der Waals surface area contributed by atoms with Crippen molar-refractivity contribution in [3.8, 4) is 0 Å². The van der Waals surface area contributed by atoms with E-state index in [-0.39, 0.29) is 17.7 Å². The minimum atomic E-state index is -1.12. The molecule has 1 aliphatic carbocycles. The first kappa shape index (κ1) is 22.8. The Morgan fingerprint density at radius 3 is 2.42 bits per heavy atom. The van der Waals surface area contributed by atoms with E-state index in [1.54, 1.807) is 0 Å². The van der Waals surface area contributed by atoms with Crippen molar-refractivity contribution in [3.05, 3.63) is 35.5 Å². The maximum Gasteiger partial charge on any atom is 0.246 e. The van der Waals surface area contributed by atoms with Crippen LogP contribution in [0.15, 0.2) is 24.3 Å². The summed E-state index contributed by atoms with van der Waals surface area (Å²) in [6, 6.07) is 7.42. The van der Waals surface area contributed by atoms with Gasteiger partial charge in [0.15, 0.2) is 0 Å². The van der Waals surface area contributed by atoms with Gasteiger partial charge in [-0.05, 0) is 36.3 Å². The average Bonchev–Trinajstić information content (AvgIpc) is 2.97. The van der Waals surface area contributed by atoms with Crippen molar-refractivity contribution in [2.45, 2.75) is 72.0 Å². The summed E-state index contributed by atoms with van der Waals surface area (Å²) in [5, 5.41) is 6.84. The lowest BCUT2D eigenvalue weighted by Crippen LogP contribution is -2.64. The third kappa shape index (κ3) is 4.45. The lowest BCUT2D eigenvalue weighted by Gasteiger charge is -2.38. The van der Waals surface area contributed by atoms with Crippen molar-refractivity contribution < 1.29 is 14.4 Å². The van der Waals surface area contributed by atoms with Crippen LogP contribution in [0.1, 0.15) is 52.3 Å². The average molecular weight is 427 g/mol. The summed E-state index contributed by atoms with van der Waals surface area (Å²) in [5.41, 5.74) is 7.86. The SMILES string of the molecule is CC(=O)N[C@@]1(C(=O)N[C@H](C(N)=O)C(C)C)CCc2c(c3ccccc3n2CC(C)C)C1. The Morgan fingerprint density at radius 1 is 1.16 bits per heavy atom. The molecule has 1 aromatic carbocycles. The fraction of sp³-hybridized carbons (Fsp3) is 0.542. The molecule has 168 valence electrons. The molecule has 0 fully saturated rings. The lowest BCUT2D eigenvalue weighted by molar-refractivity contribution is -0.136. The van der Waals surface area contributed by atoms with Crippen LogP contribution in [0.4, 0.5) is 0 Å². The molecule has 1 aromatic heterocycles. The molecule has 0 bridgehead atoms. The number of carbonyl (C=O) groups excluding carboxylic acids is 3. The Bertz CT molecular complexity index is 1010. The quantitative estimate of drug-likeness (QED) is 0.632. The molecular weight excluding hydrogens is 392 g/mol. The van der Waals surface area contributed by atoms with Crippen molar-refractivity contribution in [2.75, 3.05) is 0 Å². The molecule has 4 N–H and O–H groups in total. The highest BCUT2D eigenvalue weighted by molar-refractivity contribution is 5.96. The van der Waals surface area contributed by atoms with Crippen molar-refractivity contribution in [1.29, 1.82) is 0 Å². The van der Waals surface area contributed by atoms with Crippen LogP contribution in [-0.4, -0.2) is 33.9 Å². The van der Waals surface area contributed by atoms with Crippen LogP contribution < -0.4 is 16.4 Å². The second-order valence-corrected chi connectivity index (χ2v) is 9.48. The molecule has 0 saturated carbocycles. The number of nitrogens with zero attached hydrogens (tertiary/aromatic N) is 1. The number of para-hydroxylation sites is 1. The van der Waals surface area contributed by atoms with Crippen LogP contribution in [0.3, 0.4) is 0 Å². The molecule has 1 aliphatic rings. The zero-order valence-electron chi connectivity index (χ0n) is 19.1. The molecule has 0 saturated heterocycles. The van der Waals surface area contributed by atoms with Gasteiger partial charge in [0.2, 0.25) is 17.7 Å². The lowest BCUT2D eigenvalue weighted by atomic mass is 9.78. The molecule has 7 heteroatoms. The van der Waals surface area contributed by atoms with Crippen molar-refractivity contribution in [3.63, 3.8) is 0 Å². The first-order valence-corrected chi connectivity index (χ1v) is 11.0. The van der Waals surface area contributed by atoms with Gasteiger partial charge in [-0.25, -0.2) is 0 Å². The van der Waals surface area contributed by atoms with Crippen LogP contribution in [0, 0.1) is 11.8 Å². The molecule has 0 unspecified atom stereocenters. The number of aromatic nitrogens is 1. The minimum absolute atomic E-state index is 0.150. The maximum absolute atomic E-state index is 13.5. The van der Waals surface area contributed by atoms with E-state index in [4.69, 9.17) is 5.73 Å². The second kappa shape index (κ2) is 8.73. The number of hydrogen-bond acceptors (Lipinski definition) is 3. The molecule has 0 radical (unpaired) electrons. The van der Waals surface area contributed by atoms with Crippen molar-refractivity contribution in [1.82, 2.24) is 15.2 Å². The first-order valence-electron chi connectivity index (χ1n) is 11.0. The summed E-state index contributed by atoms with van der Waals surface area (Å²) in [4.78, 5) is 37.5. The van der Waals surface area contributed by atoms with Gasteiger partial charge in [0.05, 0.1) is 0 Å². The van der Waals surface area contributed by atoms with Gasteiger partial charge in [-0.3, -0.25) is 14.4 Å². The maximum atomic E-state index is 13.5. The zero-order chi connectivity index (χ0) is 22.9. The van der Waals surface area contributed by atoms with Crippen LogP contribution in [-0.2, 0) is 33.8 Å². The highest BCUT2D eigenvalue weighted by Gasteiger charge is 2.45. The Labute approximate surface area is 183 Å². The van der Waals surface area contributed by atoms with E-state index in [0.29, 0.717) is 25.2 Å². The van der Waals surface area contributed by atoms with E-state index in [1.165, 1.54) is 12.6 Å². The van der Waals surface area contributed by atoms with Crippen molar-refractivity contribution in [2.24, 2.45) is 17.6 Å². The number of primary amides is 1. The summed E-state index contributed by atoms with van der Waals surface area (Å²) < 4.78 is 2.35. The molecular formula is C24H34N4O3. The molecule has 31 heavy (non-hydrogen) atoms. The number of nitrogens with two attached hydrogens (primary N) is 1. The highest BCUT2D eigenvalue weighted by atomic mass is 16.2. The topological polar surface area (TPSA) is 106 Å². The number of amides is 3. The molecule has 7 nitrogen and oxygen atoms in total. The predicted molar refractivity (Wildman–Crippen MR) is 121 cm³/mol. The van der Waals surface area contributed by atoms with Gasteiger partial charge in [-0.2, -0.15) is 0 Å². The molecule has 0 spiro atoms. The van der Waals surface area contributed by atoms with Crippen molar-refractivity contribution >= 4 is 28.6 Å². The van der Waals surface area contributed by atoms with E-state index in [0.717, 1.165) is 23.0 Å².